The summed E-state index contributed by atoms with van der Waals surface area (Å²) >= 11 is 0. The molecule has 44 heavy (non-hydrogen) atoms. The van der Waals surface area contributed by atoms with Crippen LogP contribution in [-0.4, -0.2) is 95.5 Å². The molecule has 5 aliphatic heterocycles. The highest BCUT2D eigenvalue weighted by atomic mass is 16.5. The van der Waals surface area contributed by atoms with Gasteiger partial charge in [0.2, 0.25) is 5.91 Å². The van der Waals surface area contributed by atoms with Gasteiger partial charge in [-0.2, -0.15) is 0 Å². The Morgan fingerprint density at radius 1 is 1.07 bits per heavy atom. The van der Waals surface area contributed by atoms with Crippen LogP contribution in [0.15, 0.2) is 90.6 Å². The third-order valence-corrected chi connectivity index (χ3v) is 10.0. The molecule has 3 amide bonds. The fourth-order valence-corrected chi connectivity index (χ4v) is 8.15. The number of hydrogen-bond donors (Lipinski definition) is 1. The second-order valence-corrected chi connectivity index (χ2v) is 12.8. The summed E-state index contributed by atoms with van der Waals surface area (Å²) < 4.78 is 11.9. The van der Waals surface area contributed by atoms with E-state index in [0.29, 0.717) is 13.1 Å². The molecule has 9 nitrogen and oxygen atoms in total. The van der Waals surface area contributed by atoms with Crippen LogP contribution in [0.25, 0.3) is 0 Å². The van der Waals surface area contributed by atoms with Gasteiger partial charge in [-0.1, -0.05) is 80.6 Å². The van der Waals surface area contributed by atoms with Crippen molar-refractivity contribution < 1.29 is 19.1 Å². The van der Waals surface area contributed by atoms with Gasteiger partial charge in [-0.3, -0.25) is 9.69 Å². The zero-order valence-electron chi connectivity index (χ0n) is 25.8. The molecule has 0 aliphatic carbocycles. The van der Waals surface area contributed by atoms with Crippen LogP contribution in [-0.2, 0) is 16.1 Å². The number of methoxy groups -OCH3 is 1. The fraction of sp³-hybridized carbons (Fsp3) is 0.429. The molecule has 7 rings (SSSR count). The van der Waals surface area contributed by atoms with E-state index in [1.807, 2.05) is 36.2 Å². The molecule has 2 aromatic rings. The molecule has 0 aromatic heterocycles. The number of hydrazine groups is 1. The molecule has 4 unspecified atom stereocenters. The number of hydrogen-bond acceptors (Lipinski definition) is 6. The van der Waals surface area contributed by atoms with Crippen LogP contribution in [0.1, 0.15) is 30.9 Å². The van der Waals surface area contributed by atoms with Gasteiger partial charge in [0, 0.05) is 32.6 Å². The van der Waals surface area contributed by atoms with E-state index in [1.165, 1.54) is 11.1 Å². The molecule has 9 heteroatoms. The van der Waals surface area contributed by atoms with Crippen molar-refractivity contribution in [1.82, 2.24) is 25.1 Å². The summed E-state index contributed by atoms with van der Waals surface area (Å²) in [5, 5.41) is 6.65. The Morgan fingerprint density at radius 3 is 2.57 bits per heavy atom. The number of ether oxygens (including phenoxy) is 2. The summed E-state index contributed by atoms with van der Waals surface area (Å²) in [6, 6.07) is 17.9. The van der Waals surface area contributed by atoms with E-state index in [9.17, 15) is 9.59 Å². The summed E-state index contributed by atoms with van der Waals surface area (Å²) in [5.41, 5.74) is 2.99. The molecule has 2 aromatic carbocycles. The number of amides is 3. The van der Waals surface area contributed by atoms with E-state index >= 15 is 0 Å². The van der Waals surface area contributed by atoms with Crippen LogP contribution in [0.5, 0.6) is 5.75 Å². The number of nitrogens with one attached hydrogen (secondary N) is 1. The van der Waals surface area contributed by atoms with Crippen molar-refractivity contribution in [2.75, 3.05) is 33.8 Å². The Balaban J connectivity index is 1.27. The summed E-state index contributed by atoms with van der Waals surface area (Å²) in [4.78, 5) is 32.6. The van der Waals surface area contributed by atoms with Gasteiger partial charge in [0.1, 0.15) is 29.7 Å². The van der Waals surface area contributed by atoms with E-state index in [-0.39, 0.29) is 48.6 Å². The van der Waals surface area contributed by atoms with Crippen molar-refractivity contribution >= 4 is 11.9 Å². The van der Waals surface area contributed by atoms with Gasteiger partial charge in [-0.15, -0.1) is 0 Å². The second-order valence-electron chi connectivity index (χ2n) is 12.8. The fourth-order valence-electron chi connectivity index (χ4n) is 8.15. The minimum absolute atomic E-state index is 0.0406. The number of carbonyl (C=O) groups is 2. The normalized spacial score (nSPS) is 32.0. The van der Waals surface area contributed by atoms with Crippen LogP contribution in [0, 0.1) is 5.92 Å². The molecular weight excluding hydrogens is 554 g/mol. The highest BCUT2D eigenvalue weighted by molar-refractivity contribution is 5.83. The Morgan fingerprint density at radius 2 is 1.84 bits per heavy atom. The molecule has 1 N–H and O–H groups in total. The third-order valence-electron chi connectivity index (χ3n) is 10.0. The zero-order chi connectivity index (χ0) is 30.6. The first-order valence-corrected chi connectivity index (χ1v) is 15.6. The Bertz CT molecular complexity index is 1500. The number of benzene rings is 2. The molecule has 6 atom stereocenters. The predicted octanol–water partition coefficient (Wildman–Crippen LogP) is 3.92. The van der Waals surface area contributed by atoms with Gasteiger partial charge >= 0.3 is 6.03 Å². The number of urea groups is 1. The van der Waals surface area contributed by atoms with Crippen LogP contribution in [0.4, 0.5) is 4.79 Å². The van der Waals surface area contributed by atoms with Gasteiger partial charge in [-0.05, 0) is 40.8 Å². The maximum absolute atomic E-state index is 14.0. The minimum atomic E-state index is -0.461. The lowest BCUT2D eigenvalue weighted by Gasteiger charge is -2.70. The number of rotatable bonds is 5. The maximum Gasteiger partial charge on any atom is 0.334 e. The lowest BCUT2D eigenvalue weighted by molar-refractivity contribution is -0.290. The first-order chi connectivity index (χ1) is 21.3. The lowest BCUT2D eigenvalue weighted by Crippen LogP contribution is -2.88. The van der Waals surface area contributed by atoms with Crippen LogP contribution >= 0.6 is 0 Å². The molecule has 1 spiro atoms. The second kappa shape index (κ2) is 11.2. The van der Waals surface area contributed by atoms with Crippen LogP contribution < -0.4 is 10.1 Å². The van der Waals surface area contributed by atoms with Gasteiger partial charge in [0.05, 0.1) is 19.7 Å². The highest BCUT2D eigenvalue weighted by Gasteiger charge is 2.70. The van der Waals surface area contributed by atoms with Crippen LogP contribution in [0.3, 0.4) is 0 Å². The van der Waals surface area contributed by atoms with E-state index in [1.54, 1.807) is 17.1 Å². The quantitative estimate of drug-likeness (QED) is 0.565. The standard InChI is InChI=1S/C35H41N5O4/c1-23(2)33-35-29-13-9-8-12-26(18-30(35)44-29)28(25-10-6-5-7-11-25)20-38(35)21-31-39(33)32(41)22-37(3)40(31)34(42)36-19-24-14-16-27(43-4)17-15-24/h5-18,23,28-31,33H,19-22H2,1-4H3,(H,36,42)/b12-8?,13-9-/t28?,29?,30?,31-,33-,35?/m0/s1. The van der Waals surface area contributed by atoms with Crippen molar-refractivity contribution in [1.29, 1.82) is 0 Å². The van der Waals surface area contributed by atoms with E-state index in [4.69, 9.17) is 9.47 Å². The minimum Gasteiger partial charge on any atom is -0.497 e. The Labute approximate surface area is 259 Å². The Hall–Kier alpha value is -3.92. The molecule has 0 radical (unpaired) electrons. The number of piperazine rings is 1. The molecule has 3 fully saturated rings. The molecular formula is C35H41N5O4. The van der Waals surface area contributed by atoms with E-state index in [2.05, 4.69) is 84.8 Å². The molecule has 5 aliphatic rings. The maximum atomic E-state index is 14.0. The van der Waals surface area contributed by atoms with E-state index < -0.39 is 11.7 Å². The van der Waals surface area contributed by atoms with E-state index in [0.717, 1.165) is 17.9 Å². The van der Waals surface area contributed by atoms with Gasteiger partial charge in [-0.25, -0.2) is 14.8 Å². The van der Waals surface area contributed by atoms with Gasteiger partial charge in [0.15, 0.2) is 0 Å². The van der Waals surface area contributed by atoms with Gasteiger partial charge in [0.25, 0.3) is 0 Å². The van der Waals surface area contributed by atoms with Crippen molar-refractivity contribution in [2.45, 2.75) is 56.3 Å². The van der Waals surface area contributed by atoms with Gasteiger partial charge < -0.3 is 19.7 Å². The molecule has 3 saturated heterocycles. The number of allylic oxidation sites excluding steroid dienone is 3. The zero-order valence-corrected chi connectivity index (χ0v) is 25.8. The monoisotopic (exact) mass is 595 g/mol. The summed E-state index contributed by atoms with van der Waals surface area (Å²) in [7, 11) is 3.47. The van der Waals surface area contributed by atoms with Crippen molar-refractivity contribution in [2.24, 2.45) is 5.92 Å². The molecule has 5 heterocycles. The Kier molecular flexibility index (Phi) is 7.35. The average molecular weight is 596 g/mol. The summed E-state index contributed by atoms with van der Waals surface area (Å²) in [6.45, 7) is 6.17. The highest BCUT2D eigenvalue weighted by Crippen LogP contribution is 2.54. The third kappa shape index (κ3) is 4.48. The molecule has 3 bridgehead atoms. The number of nitrogens with zero attached hydrogens (tertiary/aromatic N) is 4. The topological polar surface area (TPSA) is 77.6 Å². The smallest absolute Gasteiger partial charge is 0.334 e. The van der Waals surface area contributed by atoms with Crippen molar-refractivity contribution in [3.63, 3.8) is 0 Å². The predicted molar refractivity (Wildman–Crippen MR) is 167 cm³/mol. The average Bonchev–Trinajstić information content (AvgIpc) is 3.11. The first kappa shape index (κ1) is 28.8. The molecule has 230 valence electrons. The lowest BCUT2D eigenvalue weighted by atomic mass is 9.66. The number of likely N-dealkylation sites (N-methyl/N-ethyl adjacent to an activating group) is 1. The summed E-state index contributed by atoms with van der Waals surface area (Å²) in [6.07, 6.45) is 10.0. The van der Waals surface area contributed by atoms with Crippen molar-refractivity contribution in [3.8, 4) is 5.75 Å². The largest absolute Gasteiger partial charge is 0.497 e. The number of fused-ring (bicyclic) bond motifs is 2. The van der Waals surface area contributed by atoms with Crippen molar-refractivity contribution in [3.05, 3.63) is 102 Å². The molecule has 0 saturated carbocycles. The SMILES string of the molecule is COc1ccc(CNC(=O)N2[C@H]3CN4CC(c5ccccc5)C5=CC6OC(/C=C\C=C5)C64[C@H](C(C)C)N3C(=O)CN2C)cc1. The number of carbonyl (C=O) groups excluding carboxylic acids is 2. The first-order valence-electron chi connectivity index (χ1n) is 15.6. The van der Waals surface area contributed by atoms with Crippen LogP contribution in [0.2, 0.25) is 0 Å². The summed E-state index contributed by atoms with van der Waals surface area (Å²) in [5.74, 6) is 1.06.